The molecule has 84 valence electrons. The predicted octanol–water partition coefficient (Wildman–Crippen LogP) is 3.67. The van der Waals surface area contributed by atoms with Crippen LogP contribution in [0.2, 0.25) is 0 Å². The van der Waals surface area contributed by atoms with Crippen molar-refractivity contribution in [3.8, 4) is 0 Å². The molecule has 1 nitrogen and oxygen atoms in total. The molecule has 2 heteroatoms. The molecule has 1 heterocycles. The molecule has 0 saturated carbocycles. The minimum Gasteiger partial charge on any atom is -0.303 e. The van der Waals surface area contributed by atoms with E-state index in [0.29, 0.717) is 5.41 Å². The third kappa shape index (κ3) is 4.79. The van der Waals surface area contributed by atoms with E-state index >= 15 is 0 Å². The summed E-state index contributed by atoms with van der Waals surface area (Å²) >= 11 is 3.61. The van der Waals surface area contributed by atoms with Gasteiger partial charge in [-0.3, -0.25) is 0 Å². The normalized spacial score (nSPS) is 21.6. The lowest BCUT2D eigenvalue weighted by Crippen LogP contribution is -2.37. The first-order chi connectivity index (χ1) is 6.64. The lowest BCUT2D eigenvalue weighted by molar-refractivity contribution is 0.181. The fraction of sp³-hybridized carbons (Fsp3) is 1.00. The average molecular weight is 262 g/mol. The van der Waals surface area contributed by atoms with Gasteiger partial charge in [-0.05, 0) is 31.3 Å². The van der Waals surface area contributed by atoms with Crippen molar-refractivity contribution in [2.75, 3.05) is 25.0 Å². The highest BCUT2D eigenvalue weighted by molar-refractivity contribution is 9.09. The lowest BCUT2D eigenvalue weighted by atomic mass is 9.95. The standard InChI is InChI=1S/C12H24BrN/c1-12(2,10-13)11-14-8-6-4-3-5-7-9-14/h3-11H2,1-2H3. The van der Waals surface area contributed by atoms with E-state index in [9.17, 15) is 0 Å². The summed E-state index contributed by atoms with van der Waals surface area (Å²) in [5.74, 6) is 0. The van der Waals surface area contributed by atoms with Crippen LogP contribution in [0.4, 0.5) is 0 Å². The smallest absolute Gasteiger partial charge is 0.00949 e. The maximum atomic E-state index is 3.61. The largest absolute Gasteiger partial charge is 0.303 e. The van der Waals surface area contributed by atoms with E-state index in [1.165, 1.54) is 51.7 Å². The van der Waals surface area contributed by atoms with Gasteiger partial charge >= 0.3 is 0 Å². The van der Waals surface area contributed by atoms with Gasteiger partial charge in [-0.1, -0.05) is 49.0 Å². The van der Waals surface area contributed by atoms with Gasteiger partial charge < -0.3 is 4.90 Å². The Morgan fingerprint density at radius 3 is 2.00 bits per heavy atom. The van der Waals surface area contributed by atoms with Crippen molar-refractivity contribution in [2.24, 2.45) is 5.41 Å². The van der Waals surface area contributed by atoms with Gasteiger partial charge in [-0.2, -0.15) is 0 Å². The van der Waals surface area contributed by atoms with Gasteiger partial charge in [0.2, 0.25) is 0 Å². The quantitative estimate of drug-likeness (QED) is 0.701. The van der Waals surface area contributed by atoms with Gasteiger partial charge in [-0.15, -0.1) is 0 Å². The molecule has 0 unspecified atom stereocenters. The third-order valence-electron chi connectivity index (χ3n) is 2.96. The first kappa shape index (κ1) is 12.5. The second-order valence-corrected chi connectivity index (χ2v) is 5.90. The maximum Gasteiger partial charge on any atom is 0.00949 e. The van der Waals surface area contributed by atoms with Crippen LogP contribution in [0.25, 0.3) is 0 Å². The zero-order valence-electron chi connectivity index (χ0n) is 9.69. The van der Waals surface area contributed by atoms with Crippen LogP contribution in [0, 0.1) is 5.41 Å². The van der Waals surface area contributed by atoms with Crippen LogP contribution < -0.4 is 0 Å². The van der Waals surface area contributed by atoms with Gasteiger partial charge in [0.1, 0.15) is 0 Å². The van der Waals surface area contributed by atoms with Crippen LogP contribution in [0.1, 0.15) is 46.0 Å². The molecule has 0 radical (unpaired) electrons. The van der Waals surface area contributed by atoms with Crippen molar-refractivity contribution in [1.82, 2.24) is 4.90 Å². The molecule has 0 N–H and O–H groups in total. The molecule has 0 aliphatic carbocycles. The topological polar surface area (TPSA) is 3.24 Å². The minimum atomic E-state index is 0.430. The van der Waals surface area contributed by atoms with E-state index in [-0.39, 0.29) is 0 Å². The second kappa shape index (κ2) is 6.12. The molecule has 1 aliphatic heterocycles. The Kier molecular flexibility index (Phi) is 5.47. The van der Waals surface area contributed by atoms with Gasteiger partial charge in [0.05, 0.1) is 0 Å². The van der Waals surface area contributed by atoms with Crippen molar-refractivity contribution < 1.29 is 0 Å². The summed E-state index contributed by atoms with van der Waals surface area (Å²) in [6.07, 6.45) is 7.13. The van der Waals surface area contributed by atoms with Crippen molar-refractivity contribution in [3.63, 3.8) is 0 Å². The Hall–Kier alpha value is 0.440. The third-order valence-corrected chi connectivity index (χ3v) is 4.48. The number of rotatable bonds is 3. The first-order valence-corrected chi connectivity index (χ1v) is 7.04. The van der Waals surface area contributed by atoms with Crippen LogP contribution in [-0.2, 0) is 0 Å². The highest BCUT2D eigenvalue weighted by atomic mass is 79.9. The SMILES string of the molecule is CC(C)(CBr)CN1CCCCCCC1. The number of alkyl halides is 1. The summed E-state index contributed by atoms with van der Waals surface area (Å²) in [6, 6.07) is 0. The molecule has 0 atom stereocenters. The van der Waals surface area contributed by atoms with E-state index in [1.54, 1.807) is 0 Å². The molecule has 1 aliphatic rings. The monoisotopic (exact) mass is 261 g/mol. The molecule has 0 aromatic rings. The Balaban J connectivity index is 2.33. The molecule has 0 amide bonds. The molecule has 0 aromatic heterocycles. The molecule has 0 spiro atoms. The molecule has 14 heavy (non-hydrogen) atoms. The fourth-order valence-electron chi connectivity index (χ4n) is 2.12. The fourth-order valence-corrected chi connectivity index (χ4v) is 2.30. The maximum absolute atomic E-state index is 3.61. The molecular formula is C12H24BrN. The zero-order chi connectivity index (χ0) is 10.4. The Morgan fingerprint density at radius 2 is 1.50 bits per heavy atom. The number of likely N-dealkylation sites (tertiary alicyclic amines) is 1. The summed E-state index contributed by atoms with van der Waals surface area (Å²) in [5, 5.41) is 1.11. The molecule has 0 aromatic carbocycles. The Labute approximate surface area is 97.4 Å². The number of hydrogen-bond acceptors (Lipinski definition) is 1. The molecule has 1 fully saturated rings. The number of hydrogen-bond donors (Lipinski definition) is 0. The second-order valence-electron chi connectivity index (χ2n) is 5.34. The van der Waals surface area contributed by atoms with Crippen LogP contribution in [0.15, 0.2) is 0 Å². The van der Waals surface area contributed by atoms with E-state index < -0.39 is 0 Å². The van der Waals surface area contributed by atoms with Crippen molar-refractivity contribution in [1.29, 1.82) is 0 Å². The highest BCUT2D eigenvalue weighted by Crippen LogP contribution is 2.21. The van der Waals surface area contributed by atoms with Gasteiger partial charge in [-0.25, -0.2) is 0 Å². The van der Waals surface area contributed by atoms with Crippen LogP contribution >= 0.6 is 15.9 Å². The summed E-state index contributed by atoms with van der Waals surface area (Å²) in [4.78, 5) is 2.65. The molecule has 0 bridgehead atoms. The minimum absolute atomic E-state index is 0.430. The van der Waals surface area contributed by atoms with E-state index in [1.807, 2.05) is 0 Å². The average Bonchev–Trinajstić information content (AvgIpc) is 2.10. The first-order valence-electron chi connectivity index (χ1n) is 5.92. The molecule has 1 saturated heterocycles. The van der Waals surface area contributed by atoms with Crippen molar-refractivity contribution in [3.05, 3.63) is 0 Å². The zero-order valence-corrected chi connectivity index (χ0v) is 11.3. The van der Waals surface area contributed by atoms with E-state index in [0.717, 1.165) is 5.33 Å². The highest BCUT2D eigenvalue weighted by Gasteiger charge is 2.20. The summed E-state index contributed by atoms with van der Waals surface area (Å²) in [5.41, 5.74) is 0.430. The Morgan fingerprint density at radius 1 is 1.00 bits per heavy atom. The summed E-state index contributed by atoms with van der Waals surface area (Å²) in [6.45, 7) is 8.58. The summed E-state index contributed by atoms with van der Waals surface area (Å²) < 4.78 is 0. The lowest BCUT2D eigenvalue weighted by Gasteiger charge is -2.32. The van der Waals surface area contributed by atoms with Gasteiger partial charge in [0.25, 0.3) is 0 Å². The van der Waals surface area contributed by atoms with Crippen LogP contribution in [-0.4, -0.2) is 29.9 Å². The number of halogens is 1. The van der Waals surface area contributed by atoms with E-state index in [4.69, 9.17) is 0 Å². The summed E-state index contributed by atoms with van der Waals surface area (Å²) in [7, 11) is 0. The molecule has 1 rings (SSSR count). The van der Waals surface area contributed by atoms with Gasteiger partial charge in [0.15, 0.2) is 0 Å². The van der Waals surface area contributed by atoms with Crippen molar-refractivity contribution in [2.45, 2.75) is 46.0 Å². The van der Waals surface area contributed by atoms with Crippen LogP contribution in [0.3, 0.4) is 0 Å². The number of nitrogens with zero attached hydrogens (tertiary/aromatic N) is 1. The Bertz CT molecular complexity index is 148. The molecular weight excluding hydrogens is 238 g/mol. The predicted molar refractivity (Wildman–Crippen MR) is 67.1 cm³/mol. The van der Waals surface area contributed by atoms with Gasteiger partial charge in [0, 0.05) is 11.9 Å². The van der Waals surface area contributed by atoms with E-state index in [2.05, 4.69) is 34.7 Å². The van der Waals surface area contributed by atoms with Crippen LogP contribution in [0.5, 0.6) is 0 Å². The van der Waals surface area contributed by atoms with Crippen molar-refractivity contribution >= 4 is 15.9 Å².